The normalized spacial score (nSPS) is 17.4. The Morgan fingerprint density at radius 2 is 1.68 bits per heavy atom. The number of benzene rings is 1. The third-order valence-corrected chi connectivity index (χ3v) is 7.03. The molecule has 3 rings (SSSR count). The maximum Gasteiger partial charge on any atom is 0.421 e. The van der Waals surface area contributed by atoms with E-state index in [1.807, 2.05) is 13.8 Å². The molecule has 41 heavy (non-hydrogen) atoms. The Hall–Kier alpha value is -3.18. The number of nitrogens with zero attached hydrogens (tertiary/aromatic N) is 2. The van der Waals surface area contributed by atoms with Gasteiger partial charge in [-0.2, -0.15) is 13.2 Å². The number of rotatable bonds is 14. The molecular formula is C30H39F3N2O6. The number of hydrogen-bond donors (Lipinski definition) is 1. The molecule has 1 aliphatic carbocycles. The van der Waals surface area contributed by atoms with Gasteiger partial charge in [-0.3, -0.25) is 4.79 Å². The first-order valence-corrected chi connectivity index (χ1v) is 14.1. The lowest BCUT2D eigenvalue weighted by molar-refractivity contribution is -0.138. The fraction of sp³-hybridized carbons (Fsp3) is 0.567. The van der Waals surface area contributed by atoms with E-state index in [-0.39, 0.29) is 42.0 Å². The number of pyridine rings is 1. The molecule has 11 heteroatoms. The summed E-state index contributed by atoms with van der Waals surface area (Å²) < 4.78 is 57.5. The highest BCUT2D eigenvalue weighted by molar-refractivity contribution is 6.03. The molecule has 0 unspecified atom stereocenters. The van der Waals surface area contributed by atoms with Crippen molar-refractivity contribution in [1.82, 2.24) is 4.98 Å². The van der Waals surface area contributed by atoms with Crippen molar-refractivity contribution in [3.63, 3.8) is 0 Å². The summed E-state index contributed by atoms with van der Waals surface area (Å²) in [6.45, 7) is 7.24. The molecule has 1 aromatic carbocycles. The van der Waals surface area contributed by atoms with Gasteiger partial charge in [0.25, 0.3) is 0 Å². The molecule has 0 aliphatic heterocycles. The Kier molecular flexibility index (Phi) is 12.0. The smallest absolute Gasteiger partial charge is 0.421 e. The van der Waals surface area contributed by atoms with Gasteiger partial charge in [0.2, 0.25) is 11.8 Å². The number of carboxylic acid groups (broad SMARTS) is 1. The number of aromatic nitrogens is 1. The van der Waals surface area contributed by atoms with Crippen LogP contribution in [0.5, 0.6) is 11.6 Å². The third kappa shape index (κ3) is 8.90. The molecular weight excluding hydrogens is 541 g/mol. The lowest BCUT2D eigenvalue weighted by atomic mass is 9.82. The summed E-state index contributed by atoms with van der Waals surface area (Å²) in [6.07, 6.45) is 1.09. The largest absolute Gasteiger partial charge is 0.478 e. The number of carboxylic acids is 1. The van der Waals surface area contributed by atoms with Gasteiger partial charge < -0.3 is 24.2 Å². The molecule has 1 N–H and O–H groups in total. The lowest BCUT2D eigenvalue weighted by Gasteiger charge is -2.37. The average molecular weight is 581 g/mol. The van der Waals surface area contributed by atoms with Crippen LogP contribution in [0.3, 0.4) is 0 Å². The Balaban J connectivity index is 2.05. The first kappa shape index (κ1) is 32.3. The summed E-state index contributed by atoms with van der Waals surface area (Å²) >= 11 is 0. The zero-order chi connectivity index (χ0) is 30.0. The van der Waals surface area contributed by atoms with Crippen LogP contribution in [0.15, 0.2) is 36.5 Å². The van der Waals surface area contributed by atoms with Gasteiger partial charge in [0, 0.05) is 25.3 Å². The molecule has 0 radical (unpaired) electrons. The molecule has 1 saturated carbocycles. The average Bonchev–Trinajstić information content (AvgIpc) is 2.93. The number of carbonyl (C=O) groups excluding carboxylic acids is 1. The van der Waals surface area contributed by atoms with Gasteiger partial charge in [-0.25, -0.2) is 9.78 Å². The van der Waals surface area contributed by atoms with Crippen molar-refractivity contribution < 1.29 is 42.1 Å². The summed E-state index contributed by atoms with van der Waals surface area (Å²) in [7, 11) is 0. The number of carbonyl (C=O) groups is 2. The van der Waals surface area contributed by atoms with Crippen molar-refractivity contribution in [2.24, 2.45) is 11.8 Å². The first-order valence-electron chi connectivity index (χ1n) is 14.1. The first-order chi connectivity index (χ1) is 19.6. The summed E-state index contributed by atoms with van der Waals surface area (Å²) in [5, 5.41) is 10.2. The van der Waals surface area contributed by atoms with Gasteiger partial charge in [-0.05, 0) is 74.8 Å². The zero-order valence-corrected chi connectivity index (χ0v) is 23.8. The SMILES string of the molecule is CCCOCC(COCCC)N(C(=O)C1CCC(C)CC1)c1ccc(Oc2ncccc2C(F)(F)F)cc1C(=O)O. The zero-order valence-electron chi connectivity index (χ0n) is 23.8. The summed E-state index contributed by atoms with van der Waals surface area (Å²) in [6, 6.07) is 5.21. The number of anilines is 1. The molecule has 1 amide bonds. The molecule has 8 nitrogen and oxygen atoms in total. The second-order valence-corrected chi connectivity index (χ2v) is 10.4. The van der Waals surface area contributed by atoms with Crippen LogP contribution < -0.4 is 9.64 Å². The van der Waals surface area contributed by atoms with Crippen LogP contribution in [0.4, 0.5) is 18.9 Å². The summed E-state index contributed by atoms with van der Waals surface area (Å²) in [5.41, 5.74) is -1.28. The summed E-state index contributed by atoms with van der Waals surface area (Å²) in [4.78, 5) is 31.7. The molecule has 2 aromatic rings. The topological polar surface area (TPSA) is 98.2 Å². The third-order valence-electron chi connectivity index (χ3n) is 7.03. The predicted molar refractivity (Wildman–Crippen MR) is 147 cm³/mol. The van der Waals surface area contributed by atoms with E-state index >= 15 is 0 Å². The minimum absolute atomic E-state index is 0.107. The number of halogens is 3. The molecule has 0 atom stereocenters. The minimum Gasteiger partial charge on any atom is -0.478 e. The standard InChI is InChI=1S/C30H39F3N2O6/c1-4-15-39-18-22(19-40-16-5-2)35(28(36)21-10-8-20(3)9-11-21)26-13-12-23(17-24(26)29(37)38)41-27-25(30(31,32)33)7-6-14-34-27/h6-7,12-14,17,20-22H,4-5,8-11,15-16,18-19H2,1-3H3,(H,37,38). The highest BCUT2D eigenvalue weighted by Gasteiger charge is 2.37. The van der Waals surface area contributed by atoms with Crippen molar-refractivity contribution in [3.8, 4) is 11.6 Å². The van der Waals surface area contributed by atoms with Crippen molar-refractivity contribution in [2.75, 3.05) is 31.3 Å². The fourth-order valence-electron chi connectivity index (χ4n) is 4.88. The number of amides is 1. The molecule has 1 fully saturated rings. The van der Waals surface area contributed by atoms with Crippen LogP contribution in [-0.4, -0.2) is 54.4 Å². The Morgan fingerprint density at radius 1 is 1.05 bits per heavy atom. The Bertz CT molecular complexity index is 1140. The number of aromatic carboxylic acids is 1. The van der Waals surface area contributed by atoms with Crippen molar-refractivity contribution >= 4 is 17.6 Å². The van der Waals surface area contributed by atoms with E-state index in [1.165, 1.54) is 17.0 Å². The molecule has 1 aliphatic rings. The maximum absolute atomic E-state index is 14.1. The van der Waals surface area contributed by atoms with E-state index in [1.54, 1.807) is 0 Å². The maximum atomic E-state index is 14.1. The monoisotopic (exact) mass is 580 g/mol. The van der Waals surface area contributed by atoms with Gasteiger partial charge >= 0.3 is 12.1 Å². The van der Waals surface area contributed by atoms with E-state index < -0.39 is 29.6 Å². The molecule has 226 valence electrons. The highest BCUT2D eigenvalue weighted by atomic mass is 19.4. The van der Waals surface area contributed by atoms with Crippen LogP contribution in [0.25, 0.3) is 0 Å². The lowest BCUT2D eigenvalue weighted by Crippen LogP contribution is -2.49. The van der Waals surface area contributed by atoms with E-state index in [0.717, 1.165) is 50.1 Å². The molecule has 1 aromatic heterocycles. The number of alkyl halides is 3. The predicted octanol–water partition coefficient (Wildman–Crippen LogP) is 6.97. The molecule has 0 spiro atoms. The van der Waals surface area contributed by atoms with E-state index in [4.69, 9.17) is 14.2 Å². The van der Waals surface area contributed by atoms with Gasteiger partial charge in [0.1, 0.15) is 11.3 Å². The van der Waals surface area contributed by atoms with Crippen LogP contribution in [0, 0.1) is 11.8 Å². The second kappa shape index (κ2) is 15.2. The van der Waals surface area contributed by atoms with Crippen LogP contribution in [0.2, 0.25) is 0 Å². The minimum atomic E-state index is -4.72. The summed E-state index contributed by atoms with van der Waals surface area (Å²) in [5.74, 6) is -2.24. The van der Waals surface area contributed by atoms with Crippen LogP contribution in [0.1, 0.15) is 75.2 Å². The quantitative estimate of drug-likeness (QED) is 0.241. The van der Waals surface area contributed by atoms with Gasteiger partial charge in [0.15, 0.2) is 0 Å². The van der Waals surface area contributed by atoms with Gasteiger partial charge in [-0.1, -0.05) is 20.8 Å². The van der Waals surface area contributed by atoms with Crippen molar-refractivity contribution in [1.29, 1.82) is 0 Å². The van der Waals surface area contributed by atoms with Crippen molar-refractivity contribution in [3.05, 3.63) is 47.7 Å². The second-order valence-electron chi connectivity index (χ2n) is 10.4. The van der Waals surface area contributed by atoms with Crippen molar-refractivity contribution in [2.45, 2.75) is 71.5 Å². The highest BCUT2D eigenvalue weighted by Crippen LogP contribution is 2.38. The van der Waals surface area contributed by atoms with Gasteiger partial charge in [-0.15, -0.1) is 0 Å². The number of ether oxygens (including phenoxy) is 3. The fourth-order valence-corrected chi connectivity index (χ4v) is 4.88. The molecule has 0 saturated heterocycles. The van der Waals surface area contributed by atoms with Crippen LogP contribution >= 0.6 is 0 Å². The van der Waals surface area contributed by atoms with Crippen LogP contribution in [-0.2, 0) is 20.4 Å². The molecule has 1 heterocycles. The van der Waals surface area contributed by atoms with E-state index in [0.29, 0.717) is 32.0 Å². The Morgan fingerprint density at radius 3 is 2.24 bits per heavy atom. The molecule has 0 bridgehead atoms. The number of hydrogen-bond acceptors (Lipinski definition) is 6. The Labute approximate surface area is 238 Å². The van der Waals surface area contributed by atoms with E-state index in [9.17, 15) is 27.9 Å². The van der Waals surface area contributed by atoms with Gasteiger partial charge in [0.05, 0.1) is 30.5 Å². The van der Waals surface area contributed by atoms with E-state index in [2.05, 4.69) is 11.9 Å².